The maximum absolute atomic E-state index is 12.1. The first-order valence-corrected chi connectivity index (χ1v) is 8.91. The Hall–Kier alpha value is -2.74. The molecule has 1 aliphatic heterocycles. The van der Waals surface area contributed by atoms with Gasteiger partial charge in [-0.2, -0.15) is 0 Å². The fraction of sp³-hybridized carbons (Fsp3) is 0.188. The Labute approximate surface area is 139 Å². The molecule has 24 heavy (non-hydrogen) atoms. The number of benzene rings is 1. The predicted molar refractivity (Wildman–Crippen MR) is 87.7 cm³/mol. The van der Waals surface area contributed by atoms with Gasteiger partial charge in [-0.1, -0.05) is 0 Å². The van der Waals surface area contributed by atoms with Crippen molar-refractivity contribution in [3.63, 3.8) is 0 Å². The number of rotatable bonds is 4. The summed E-state index contributed by atoms with van der Waals surface area (Å²) in [6.45, 7) is 0.363. The molecular weight excluding hydrogens is 330 g/mol. The van der Waals surface area contributed by atoms with Crippen LogP contribution in [0.2, 0.25) is 0 Å². The average molecular weight is 345 g/mol. The highest BCUT2D eigenvalue weighted by Crippen LogP contribution is 2.25. The molecule has 1 aromatic heterocycles. The second-order valence-electron chi connectivity index (χ2n) is 5.31. The minimum absolute atomic E-state index is 0.0174. The lowest BCUT2D eigenvalue weighted by Crippen LogP contribution is -2.29. The van der Waals surface area contributed by atoms with E-state index >= 15 is 0 Å². The van der Waals surface area contributed by atoms with Crippen molar-refractivity contribution in [2.45, 2.75) is 13.0 Å². The highest BCUT2D eigenvalue weighted by atomic mass is 32.2. The van der Waals surface area contributed by atoms with E-state index in [9.17, 15) is 18.0 Å². The van der Waals surface area contributed by atoms with Crippen LogP contribution in [0.3, 0.4) is 0 Å². The molecule has 0 atom stereocenters. The number of anilines is 1. The first kappa shape index (κ1) is 16.1. The molecule has 0 spiro atoms. The van der Waals surface area contributed by atoms with Crippen LogP contribution in [-0.4, -0.2) is 31.0 Å². The molecule has 2 heterocycles. The number of aromatic nitrogens is 1. The van der Waals surface area contributed by atoms with E-state index in [1.165, 1.54) is 24.3 Å². The summed E-state index contributed by atoms with van der Waals surface area (Å²) in [5.41, 5.74) is 1.56. The number of nitrogens with zero attached hydrogens (tertiary/aromatic N) is 2. The smallest absolute Gasteiger partial charge is 0.251 e. The van der Waals surface area contributed by atoms with Crippen molar-refractivity contribution in [2.24, 2.45) is 0 Å². The van der Waals surface area contributed by atoms with Crippen LogP contribution in [0.1, 0.15) is 22.3 Å². The van der Waals surface area contributed by atoms with Gasteiger partial charge in [-0.3, -0.25) is 14.6 Å². The van der Waals surface area contributed by atoms with Crippen molar-refractivity contribution >= 4 is 27.5 Å². The van der Waals surface area contributed by atoms with Gasteiger partial charge in [0.25, 0.3) is 5.91 Å². The fourth-order valence-corrected chi connectivity index (χ4v) is 3.86. The van der Waals surface area contributed by atoms with Gasteiger partial charge < -0.3 is 5.32 Å². The van der Waals surface area contributed by atoms with E-state index in [-0.39, 0.29) is 23.8 Å². The standard InChI is InChI=1S/C16H15N3O4S/c20-15-7-10-24(22,23)19(15)14-3-1-13(2-4-14)16(21)18-11-12-5-8-17-9-6-12/h1-6,8-9H,7,10-11H2,(H,18,21). The van der Waals surface area contributed by atoms with E-state index in [0.29, 0.717) is 12.1 Å². The molecule has 0 bridgehead atoms. The molecule has 0 radical (unpaired) electrons. The molecule has 1 N–H and O–H groups in total. The van der Waals surface area contributed by atoms with Crippen molar-refractivity contribution in [2.75, 3.05) is 10.1 Å². The Morgan fingerprint density at radius 1 is 1.12 bits per heavy atom. The van der Waals surface area contributed by atoms with E-state index in [4.69, 9.17) is 0 Å². The van der Waals surface area contributed by atoms with Gasteiger partial charge in [0, 0.05) is 30.9 Å². The number of hydrogen-bond donors (Lipinski definition) is 1. The summed E-state index contributed by atoms with van der Waals surface area (Å²) in [7, 11) is -3.59. The van der Waals surface area contributed by atoms with E-state index < -0.39 is 15.9 Å². The van der Waals surface area contributed by atoms with Crippen LogP contribution in [0.5, 0.6) is 0 Å². The van der Waals surface area contributed by atoms with Crippen molar-refractivity contribution in [3.05, 3.63) is 59.9 Å². The van der Waals surface area contributed by atoms with Gasteiger partial charge in [-0.15, -0.1) is 0 Å². The van der Waals surface area contributed by atoms with Crippen molar-refractivity contribution in [3.8, 4) is 0 Å². The van der Waals surface area contributed by atoms with Crippen LogP contribution < -0.4 is 9.62 Å². The van der Waals surface area contributed by atoms with E-state index in [0.717, 1.165) is 9.87 Å². The number of sulfonamides is 1. The Kier molecular flexibility index (Phi) is 4.30. The Morgan fingerprint density at radius 2 is 1.79 bits per heavy atom. The molecule has 0 unspecified atom stereocenters. The number of carbonyl (C=O) groups is 2. The molecule has 1 fully saturated rings. The van der Waals surface area contributed by atoms with Gasteiger partial charge >= 0.3 is 0 Å². The van der Waals surface area contributed by atoms with E-state index in [1.54, 1.807) is 24.5 Å². The summed E-state index contributed by atoms with van der Waals surface area (Å²) < 4.78 is 24.5. The van der Waals surface area contributed by atoms with E-state index in [2.05, 4.69) is 10.3 Å². The maximum atomic E-state index is 12.1. The molecule has 1 saturated heterocycles. The van der Waals surface area contributed by atoms with Gasteiger partial charge in [0.2, 0.25) is 15.9 Å². The molecule has 2 amide bonds. The first-order valence-electron chi connectivity index (χ1n) is 7.30. The fourth-order valence-electron chi connectivity index (χ4n) is 2.40. The number of pyridine rings is 1. The molecule has 2 aromatic rings. The summed E-state index contributed by atoms with van der Waals surface area (Å²) in [6.07, 6.45) is 3.27. The highest BCUT2D eigenvalue weighted by molar-refractivity contribution is 7.94. The number of amides is 2. The predicted octanol–water partition coefficient (Wildman–Crippen LogP) is 1.08. The Morgan fingerprint density at radius 3 is 2.38 bits per heavy atom. The van der Waals surface area contributed by atoms with Gasteiger partial charge in [0.1, 0.15) is 0 Å². The SMILES string of the molecule is O=C(NCc1ccncc1)c1ccc(N2C(=O)CCS2(=O)=O)cc1. The lowest BCUT2D eigenvalue weighted by atomic mass is 10.2. The molecule has 1 aliphatic rings. The molecule has 124 valence electrons. The van der Waals surface area contributed by atoms with Gasteiger partial charge in [-0.05, 0) is 42.0 Å². The van der Waals surface area contributed by atoms with Crippen LogP contribution in [-0.2, 0) is 21.4 Å². The van der Waals surface area contributed by atoms with Gasteiger partial charge in [0.05, 0.1) is 11.4 Å². The zero-order valence-corrected chi connectivity index (χ0v) is 13.5. The number of hydrogen-bond acceptors (Lipinski definition) is 5. The summed E-state index contributed by atoms with van der Waals surface area (Å²) in [6, 6.07) is 9.52. The lowest BCUT2D eigenvalue weighted by molar-refractivity contribution is -0.116. The summed E-state index contributed by atoms with van der Waals surface area (Å²) in [5.74, 6) is -0.918. The average Bonchev–Trinajstić information content (AvgIpc) is 2.87. The second kappa shape index (κ2) is 6.40. The van der Waals surface area contributed by atoms with Gasteiger partial charge in [-0.25, -0.2) is 12.7 Å². The third kappa shape index (κ3) is 3.28. The topological polar surface area (TPSA) is 96.4 Å². The van der Waals surface area contributed by atoms with Crippen LogP contribution in [0.4, 0.5) is 5.69 Å². The van der Waals surface area contributed by atoms with Gasteiger partial charge in [0.15, 0.2) is 0 Å². The molecule has 0 saturated carbocycles. The quantitative estimate of drug-likeness (QED) is 0.894. The molecule has 7 nitrogen and oxygen atoms in total. The molecule has 0 aliphatic carbocycles. The third-order valence-electron chi connectivity index (χ3n) is 3.64. The Balaban J connectivity index is 1.70. The summed E-state index contributed by atoms with van der Waals surface area (Å²) >= 11 is 0. The van der Waals surface area contributed by atoms with E-state index in [1.807, 2.05) is 0 Å². The van der Waals surface area contributed by atoms with Crippen LogP contribution in [0, 0.1) is 0 Å². The van der Waals surface area contributed by atoms with Crippen LogP contribution in [0.25, 0.3) is 0 Å². The monoisotopic (exact) mass is 345 g/mol. The first-order chi connectivity index (χ1) is 11.5. The lowest BCUT2D eigenvalue weighted by Gasteiger charge is -2.15. The third-order valence-corrected chi connectivity index (χ3v) is 5.34. The molecular formula is C16H15N3O4S. The maximum Gasteiger partial charge on any atom is 0.251 e. The number of carbonyl (C=O) groups excluding carboxylic acids is 2. The Bertz CT molecular complexity index is 864. The minimum Gasteiger partial charge on any atom is -0.348 e. The van der Waals surface area contributed by atoms with Crippen molar-refractivity contribution < 1.29 is 18.0 Å². The normalized spacial score (nSPS) is 16.2. The highest BCUT2D eigenvalue weighted by Gasteiger charge is 2.36. The zero-order chi connectivity index (χ0) is 17.2. The van der Waals surface area contributed by atoms with Crippen molar-refractivity contribution in [1.29, 1.82) is 0 Å². The second-order valence-corrected chi connectivity index (χ2v) is 7.25. The molecule has 8 heteroatoms. The summed E-state index contributed by atoms with van der Waals surface area (Å²) in [4.78, 5) is 27.7. The summed E-state index contributed by atoms with van der Waals surface area (Å²) in [5, 5.41) is 2.76. The minimum atomic E-state index is -3.59. The molecule has 1 aromatic carbocycles. The van der Waals surface area contributed by atoms with Crippen LogP contribution in [0.15, 0.2) is 48.8 Å². The molecule has 3 rings (SSSR count). The van der Waals surface area contributed by atoms with Crippen molar-refractivity contribution in [1.82, 2.24) is 10.3 Å². The number of nitrogens with one attached hydrogen (secondary N) is 1. The largest absolute Gasteiger partial charge is 0.348 e. The zero-order valence-electron chi connectivity index (χ0n) is 12.7. The van der Waals surface area contributed by atoms with Crippen LogP contribution >= 0.6 is 0 Å².